The first-order valence-electron chi connectivity index (χ1n) is 10.4. The molecule has 9 heteroatoms. The van der Waals surface area contributed by atoms with Crippen LogP contribution in [0.15, 0.2) is 72.8 Å². The fraction of sp³-hybridized carbons (Fsp3) is 0.0800. The minimum absolute atomic E-state index is 0.0886. The minimum atomic E-state index is -0.946. The van der Waals surface area contributed by atoms with Crippen molar-refractivity contribution in [3.05, 3.63) is 94.1 Å². The Kier molecular flexibility index (Phi) is 6.86. The van der Waals surface area contributed by atoms with E-state index >= 15 is 0 Å². The van der Waals surface area contributed by atoms with Gasteiger partial charge in [-0.15, -0.1) is 0 Å². The Bertz CT molecular complexity index is 1400. The number of anilines is 2. The predicted octanol–water partition coefficient (Wildman–Crippen LogP) is 5.47. The number of carbonyl (C=O) groups is 3. The topological polar surface area (TPSA) is 92.2 Å². The summed E-state index contributed by atoms with van der Waals surface area (Å²) in [6.07, 6.45) is 0.860. The van der Waals surface area contributed by atoms with Crippen LogP contribution in [0.4, 0.5) is 11.4 Å². The molecule has 0 aliphatic rings. The highest BCUT2D eigenvalue weighted by Gasteiger charge is 2.21. The lowest BCUT2D eigenvalue weighted by atomic mass is 10.1. The Hall–Kier alpha value is -3.81. The van der Waals surface area contributed by atoms with Crippen molar-refractivity contribution in [3.8, 4) is 0 Å². The standard InChI is InChI=1S/C25H20Cl2N4O3/c1-2-15-7-10-18(11-8-15)28-24(33)25(34)30-31-21-12-9-17(26)13-16(21)14-22(31)23(32)29-20-6-4-3-5-19(20)27/h3-14H,2H2,1H3,(H,28,33)(H,29,32)(H,30,34). The number of benzene rings is 3. The lowest BCUT2D eigenvalue weighted by molar-refractivity contribution is -0.133. The van der Waals surface area contributed by atoms with Gasteiger partial charge in [-0.25, -0.2) is 4.68 Å². The second-order valence-corrected chi connectivity index (χ2v) is 8.29. The number of halogens is 2. The SMILES string of the molecule is CCc1ccc(NC(=O)C(=O)Nn2c(C(=O)Nc3ccccc3Cl)cc3cc(Cl)ccc32)cc1. The Morgan fingerprint density at radius 3 is 2.29 bits per heavy atom. The number of fused-ring (bicyclic) bond motifs is 1. The molecule has 4 rings (SSSR count). The van der Waals surface area contributed by atoms with Crippen LogP contribution in [0.2, 0.25) is 10.0 Å². The molecule has 0 bridgehead atoms. The average Bonchev–Trinajstić information content (AvgIpc) is 3.18. The minimum Gasteiger partial charge on any atom is -0.319 e. The Morgan fingerprint density at radius 1 is 0.853 bits per heavy atom. The van der Waals surface area contributed by atoms with Crippen molar-refractivity contribution in [2.45, 2.75) is 13.3 Å². The highest BCUT2D eigenvalue weighted by Crippen LogP contribution is 2.25. The number of nitrogens with one attached hydrogen (secondary N) is 3. The van der Waals surface area contributed by atoms with E-state index in [9.17, 15) is 14.4 Å². The molecule has 0 aliphatic heterocycles. The normalized spacial score (nSPS) is 10.7. The van der Waals surface area contributed by atoms with Crippen LogP contribution in [0.3, 0.4) is 0 Å². The molecule has 34 heavy (non-hydrogen) atoms. The maximum atomic E-state index is 13.1. The van der Waals surface area contributed by atoms with Crippen molar-refractivity contribution < 1.29 is 14.4 Å². The fourth-order valence-electron chi connectivity index (χ4n) is 3.39. The Morgan fingerprint density at radius 2 is 1.59 bits per heavy atom. The summed E-state index contributed by atoms with van der Waals surface area (Å²) in [5, 5.41) is 6.70. The van der Waals surface area contributed by atoms with Gasteiger partial charge in [0.1, 0.15) is 5.69 Å². The number of hydrogen-bond acceptors (Lipinski definition) is 3. The van der Waals surface area contributed by atoms with E-state index in [-0.39, 0.29) is 5.69 Å². The molecule has 0 aliphatic carbocycles. The smallest absolute Gasteiger partial charge is 0.319 e. The summed E-state index contributed by atoms with van der Waals surface area (Å²) in [6, 6.07) is 20.4. The van der Waals surface area contributed by atoms with E-state index in [2.05, 4.69) is 16.1 Å². The highest BCUT2D eigenvalue weighted by atomic mass is 35.5. The van der Waals surface area contributed by atoms with Gasteiger partial charge in [-0.1, -0.05) is 54.4 Å². The van der Waals surface area contributed by atoms with Crippen LogP contribution in [0.25, 0.3) is 10.9 Å². The van der Waals surface area contributed by atoms with Gasteiger partial charge >= 0.3 is 11.8 Å². The molecule has 0 fully saturated rings. The van der Waals surface area contributed by atoms with E-state index < -0.39 is 17.7 Å². The van der Waals surface area contributed by atoms with Crippen molar-refractivity contribution in [1.82, 2.24) is 4.68 Å². The zero-order valence-corrected chi connectivity index (χ0v) is 19.6. The molecule has 3 amide bonds. The van der Waals surface area contributed by atoms with Crippen LogP contribution in [-0.4, -0.2) is 22.4 Å². The first kappa shape index (κ1) is 23.4. The van der Waals surface area contributed by atoms with Gasteiger partial charge in [-0.3, -0.25) is 19.8 Å². The van der Waals surface area contributed by atoms with Crippen LogP contribution in [0.5, 0.6) is 0 Å². The maximum Gasteiger partial charge on any atom is 0.328 e. The molecular formula is C25H20Cl2N4O3. The first-order valence-corrected chi connectivity index (χ1v) is 11.2. The molecule has 0 atom stereocenters. The molecule has 3 aromatic carbocycles. The number of amides is 3. The van der Waals surface area contributed by atoms with Crippen LogP contribution in [0.1, 0.15) is 23.0 Å². The lowest BCUT2D eigenvalue weighted by Gasteiger charge is -2.13. The summed E-state index contributed by atoms with van der Waals surface area (Å²) < 4.78 is 1.25. The third-order valence-corrected chi connectivity index (χ3v) is 5.72. The van der Waals surface area contributed by atoms with Gasteiger partial charge in [0.2, 0.25) is 0 Å². The van der Waals surface area contributed by atoms with Crippen LogP contribution in [-0.2, 0) is 16.0 Å². The number of hydrogen-bond donors (Lipinski definition) is 3. The third kappa shape index (κ3) is 5.06. The van der Waals surface area contributed by atoms with Crippen LogP contribution >= 0.6 is 23.2 Å². The molecular weight excluding hydrogens is 475 g/mol. The third-order valence-electron chi connectivity index (χ3n) is 5.16. The van der Waals surface area contributed by atoms with Gasteiger partial charge < -0.3 is 10.6 Å². The van der Waals surface area contributed by atoms with Crippen molar-refractivity contribution in [1.29, 1.82) is 0 Å². The fourth-order valence-corrected chi connectivity index (χ4v) is 3.75. The van der Waals surface area contributed by atoms with Crippen molar-refractivity contribution in [3.63, 3.8) is 0 Å². The first-order chi connectivity index (χ1) is 16.4. The lowest BCUT2D eigenvalue weighted by Crippen LogP contribution is -2.36. The van der Waals surface area contributed by atoms with Gasteiger partial charge in [0.15, 0.2) is 0 Å². The second kappa shape index (κ2) is 9.99. The summed E-state index contributed by atoms with van der Waals surface area (Å²) in [4.78, 5) is 38.3. The molecule has 4 aromatic rings. The van der Waals surface area contributed by atoms with E-state index in [1.54, 1.807) is 60.7 Å². The zero-order valence-electron chi connectivity index (χ0n) is 18.1. The Labute approximate surface area is 205 Å². The van der Waals surface area contributed by atoms with E-state index in [1.165, 1.54) is 4.68 Å². The summed E-state index contributed by atoms with van der Waals surface area (Å²) in [5.41, 5.74) is 5.08. The summed E-state index contributed by atoms with van der Waals surface area (Å²) in [7, 11) is 0. The van der Waals surface area contributed by atoms with E-state index in [0.717, 1.165) is 12.0 Å². The number of aryl methyl sites for hydroxylation is 1. The van der Waals surface area contributed by atoms with Crippen molar-refractivity contribution in [2.75, 3.05) is 16.1 Å². The summed E-state index contributed by atoms with van der Waals surface area (Å²) in [6.45, 7) is 2.02. The van der Waals surface area contributed by atoms with E-state index in [0.29, 0.717) is 32.3 Å². The predicted molar refractivity (Wildman–Crippen MR) is 135 cm³/mol. The monoisotopic (exact) mass is 494 g/mol. The van der Waals surface area contributed by atoms with Crippen LogP contribution in [0, 0.1) is 0 Å². The van der Waals surface area contributed by atoms with Gasteiger partial charge in [-0.05, 0) is 60.5 Å². The largest absolute Gasteiger partial charge is 0.328 e. The molecule has 3 N–H and O–H groups in total. The highest BCUT2D eigenvalue weighted by molar-refractivity contribution is 6.42. The quantitative estimate of drug-likeness (QED) is 0.321. The Balaban J connectivity index is 1.61. The molecule has 0 saturated carbocycles. The molecule has 1 aromatic heterocycles. The van der Waals surface area contributed by atoms with Crippen molar-refractivity contribution >= 4 is 63.2 Å². The average molecular weight is 495 g/mol. The number of carbonyl (C=O) groups excluding carboxylic acids is 3. The van der Waals surface area contributed by atoms with Gasteiger partial charge in [0.25, 0.3) is 5.91 Å². The van der Waals surface area contributed by atoms with Crippen molar-refractivity contribution in [2.24, 2.45) is 0 Å². The molecule has 7 nitrogen and oxygen atoms in total. The molecule has 0 radical (unpaired) electrons. The van der Waals surface area contributed by atoms with Gasteiger partial charge in [0, 0.05) is 16.1 Å². The molecule has 0 spiro atoms. The van der Waals surface area contributed by atoms with E-state index in [1.807, 2.05) is 19.1 Å². The number of rotatable bonds is 5. The maximum absolute atomic E-state index is 13.1. The molecule has 1 heterocycles. The van der Waals surface area contributed by atoms with E-state index in [4.69, 9.17) is 23.2 Å². The molecule has 0 saturated heterocycles. The molecule has 0 unspecified atom stereocenters. The molecule has 172 valence electrons. The van der Waals surface area contributed by atoms with Crippen LogP contribution < -0.4 is 16.1 Å². The number of para-hydroxylation sites is 1. The zero-order chi connectivity index (χ0) is 24.2. The number of aromatic nitrogens is 1. The summed E-state index contributed by atoms with van der Waals surface area (Å²) >= 11 is 12.3. The summed E-state index contributed by atoms with van der Waals surface area (Å²) in [5.74, 6) is -2.35. The van der Waals surface area contributed by atoms with Gasteiger partial charge in [-0.2, -0.15) is 0 Å². The number of nitrogens with zero attached hydrogens (tertiary/aromatic N) is 1. The second-order valence-electron chi connectivity index (χ2n) is 7.45. The van der Waals surface area contributed by atoms with Gasteiger partial charge in [0.05, 0.1) is 16.2 Å².